The van der Waals surface area contributed by atoms with Gasteiger partial charge in [-0.05, 0) is 45.0 Å². The number of anilines is 1. The zero-order valence-electron chi connectivity index (χ0n) is 14.9. The number of carbonyl (C=O) groups is 1. The van der Waals surface area contributed by atoms with Gasteiger partial charge in [-0.1, -0.05) is 41.4 Å². The van der Waals surface area contributed by atoms with Gasteiger partial charge in [-0.2, -0.15) is 5.10 Å². The van der Waals surface area contributed by atoms with Crippen LogP contribution in [0.3, 0.4) is 0 Å². The van der Waals surface area contributed by atoms with Gasteiger partial charge in [0.05, 0.1) is 22.1 Å². The topological polar surface area (TPSA) is 56.1 Å². The summed E-state index contributed by atoms with van der Waals surface area (Å²) in [6.45, 7) is 5.75. The van der Waals surface area contributed by atoms with E-state index in [4.69, 9.17) is 16.3 Å². The summed E-state index contributed by atoms with van der Waals surface area (Å²) in [4.78, 5) is 12.4. The van der Waals surface area contributed by atoms with Crippen molar-refractivity contribution in [3.8, 4) is 11.5 Å². The van der Waals surface area contributed by atoms with Crippen LogP contribution in [0.2, 0.25) is 5.02 Å². The van der Waals surface area contributed by atoms with E-state index in [9.17, 15) is 4.79 Å². The molecule has 26 heavy (non-hydrogen) atoms. The number of para-hydroxylation sites is 2. The Kier molecular flexibility index (Phi) is 5.28. The molecule has 1 heterocycles. The molecule has 0 aliphatic heterocycles. The number of halogens is 1. The zero-order chi connectivity index (χ0) is 18.7. The SMILES string of the molecule is Cc1ccc(Oc2ccccc2NC(=O)Cn2nc(C)c(Cl)c2C)cc1. The molecule has 6 heteroatoms. The Morgan fingerprint density at radius 2 is 1.81 bits per heavy atom. The van der Waals surface area contributed by atoms with E-state index < -0.39 is 0 Å². The van der Waals surface area contributed by atoms with Crippen molar-refractivity contribution in [1.29, 1.82) is 0 Å². The highest BCUT2D eigenvalue weighted by Gasteiger charge is 2.14. The van der Waals surface area contributed by atoms with Crippen LogP contribution in [0.5, 0.6) is 11.5 Å². The Labute approximate surface area is 157 Å². The summed E-state index contributed by atoms with van der Waals surface area (Å²) in [5.41, 5.74) is 3.23. The van der Waals surface area contributed by atoms with Crippen LogP contribution in [-0.2, 0) is 11.3 Å². The molecule has 5 nitrogen and oxygen atoms in total. The molecule has 134 valence electrons. The van der Waals surface area contributed by atoms with E-state index in [1.807, 2.05) is 63.2 Å². The molecule has 0 atom stereocenters. The average molecular weight is 370 g/mol. The molecule has 2 aromatic carbocycles. The fraction of sp³-hybridized carbons (Fsp3) is 0.200. The molecule has 1 N–H and O–H groups in total. The van der Waals surface area contributed by atoms with Crippen LogP contribution >= 0.6 is 11.6 Å². The highest BCUT2D eigenvalue weighted by Crippen LogP contribution is 2.29. The van der Waals surface area contributed by atoms with Crippen LogP contribution in [-0.4, -0.2) is 15.7 Å². The second-order valence-corrected chi connectivity index (χ2v) is 6.48. The third kappa shape index (κ3) is 4.06. The second-order valence-electron chi connectivity index (χ2n) is 6.10. The first-order chi connectivity index (χ1) is 12.4. The molecule has 0 spiro atoms. The van der Waals surface area contributed by atoms with Gasteiger partial charge < -0.3 is 10.1 Å². The van der Waals surface area contributed by atoms with Crippen molar-refractivity contribution in [3.05, 3.63) is 70.5 Å². The Bertz CT molecular complexity index is 933. The number of benzene rings is 2. The summed E-state index contributed by atoms with van der Waals surface area (Å²) in [6, 6.07) is 15.1. The maximum atomic E-state index is 12.4. The van der Waals surface area contributed by atoms with E-state index >= 15 is 0 Å². The molecule has 0 saturated carbocycles. The highest BCUT2D eigenvalue weighted by molar-refractivity contribution is 6.31. The third-order valence-electron chi connectivity index (χ3n) is 4.00. The number of hydrogen-bond acceptors (Lipinski definition) is 3. The molecular formula is C20H20ClN3O2. The van der Waals surface area contributed by atoms with E-state index in [-0.39, 0.29) is 12.5 Å². The molecule has 0 saturated heterocycles. The van der Waals surface area contributed by atoms with Gasteiger partial charge in [-0.15, -0.1) is 0 Å². The van der Waals surface area contributed by atoms with Crippen LogP contribution in [0.4, 0.5) is 5.69 Å². The molecule has 0 aliphatic rings. The third-order valence-corrected chi connectivity index (χ3v) is 4.54. The number of nitrogens with one attached hydrogen (secondary N) is 1. The van der Waals surface area contributed by atoms with Crippen LogP contribution in [0.25, 0.3) is 0 Å². The normalized spacial score (nSPS) is 10.6. The number of rotatable bonds is 5. The smallest absolute Gasteiger partial charge is 0.246 e. The number of aryl methyl sites for hydroxylation is 2. The molecule has 0 bridgehead atoms. The van der Waals surface area contributed by atoms with Gasteiger partial charge in [-0.3, -0.25) is 9.48 Å². The molecular weight excluding hydrogens is 350 g/mol. The summed E-state index contributed by atoms with van der Waals surface area (Å²) in [5.74, 6) is 1.09. The molecule has 1 amide bonds. The van der Waals surface area contributed by atoms with Crippen molar-refractivity contribution in [2.45, 2.75) is 27.3 Å². The summed E-state index contributed by atoms with van der Waals surface area (Å²) in [7, 11) is 0. The van der Waals surface area contributed by atoms with Crippen LogP contribution in [0.1, 0.15) is 17.0 Å². The van der Waals surface area contributed by atoms with Gasteiger partial charge in [0.2, 0.25) is 5.91 Å². The lowest BCUT2D eigenvalue weighted by molar-refractivity contribution is -0.116. The molecule has 0 fully saturated rings. The molecule has 0 aliphatic carbocycles. The van der Waals surface area contributed by atoms with Gasteiger partial charge in [0.25, 0.3) is 0 Å². The minimum absolute atomic E-state index is 0.0816. The van der Waals surface area contributed by atoms with E-state index in [0.29, 0.717) is 27.9 Å². The maximum absolute atomic E-state index is 12.4. The van der Waals surface area contributed by atoms with Crippen molar-refractivity contribution in [2.75, 3.05) is 5.32 Å². The summed E-state index contributed by atoms with van der Waals surface area (Å²) < 4.78 is 7.50. The monoisotopic (exact) mass is 369 g/mol. The summed E-state index contributed by atoms with van der Waals surface area (Å²) >= 11 is 6.13. The van der Waals surface area contributed by atoms with Gasteiger partial charge in [0.1, 0.15) is 12.3 Å². The van der Waals surface area contributed by atoms with E-state index in [0.717, 1.165) is 11.3 Å². The van der Waals surface area contributed by atoms with Gasteiger partial charge in [0.15, 0.2) is 5.75 Å². The van der Waals surface area contributed by atoms with Gasteiger partial charge >= 0.3 is 0 Å². The minimum Gasteiger partial charge on any atom is -0.455 e. The lowest BCUT2D eigenvalue weighted by atomic mass is 10.2. The van der Waals surface area contributed by atoms with Crippen LogP contribution < -0.4 is 10.1 Å². The standard InChI is InChI=1S/C20H20ClN3O2/c1-13-8-10-16(11-9-13)26-18-7-5-4-6-17(18)22-19(25)12-24-15(3)20(21)14(2)23-24/h4-11H,12H2,1-3H3,(H,22,25). The minimum atomic E-state index is -0.202. The van der Waals surface area contributed by atoms with E-state index in [2.05, 4.69) is 10.4 Å². The fourth-order valence-corrected chi connectivity index (χ4v) is 2.68. The molecule has 0 radical (unpaired) electrons. The lowest BCUT2D eigenvalue weighted by Gasteiger charge is -2.13. The van der Waals surface area contributed by atoms with Crippen molar-refractivity contribution >= 4 is 23.2 Å². The number of aromatic nitrogens is 2. The number of ether oxygens (including phenoxy) is 1. The van der Waals surface area contributed by atoms with Crippen molar-refractivity contribution in [1.82, 2.24) is 9.78 Å². The molecule has 0 unspecified atom stereocenters. The van der Waals surface area contributed by atoms with Crippen molar-refractivity contribution in [3.63, 3.8) is 0 Å². The Morgan fingerprint density at radius 1 is 1.12 bits per heavy atom. The lowest BCUT2D eigenvalue weighted by Crippen LogP contribution is -2.20. The summed E-state index contributed by atoms with van der Waals surface area (Å²) in [6.07, 6.45) is 0. The Morgan fingerprint density at radius 3 is 2.46 bits per heavy atom. The highest BCUT2D eigenvalue weighted by atomic mass is 35.5. The quantitative estimate of drug-likeness (QED) is 0.696. The Balaban J connectivity index is 1.74. The maximum Gasteiger partial charge on any atom is 0.246 e. The molecule has 3 rings (SSSR count). The first kappa shape index (κ1) is 18.0. The fourth-order valence-electron chi connectivity index (χ4n) is 2.55. The van der Waals surface area contributed by atoms with Crippen molar-refractivity contribution < 1.29 is 9.53 Å². The summed E-state index contributed by atoms with van der Waals surface area (Å²) in [5, 5.41) is 7.75. The molecule has 3 aromatic rings. The first-order valence-corrected chi connectivity index (χ1v) is 8.65. The van der Waals surface area contributed by atoms with Crippen LogP contribution in [0.15, 0.2) is 48.5 Å². The number of hydrogen-bond donors (Lipinski definition) is 1. The zero-order valence-corrected chi connectivity index (χ0v) is 15.7. The Hall–Kier alpha value is -2.79. The van der Waals surface area contributed by atoms with E-state index in [1.54, 1.807) is 10.7 Å². The predicted octanol–water partition coefficient (Wildman–Crippen LogP) is 4.89. The number of carbonyl (C=O) groups excluding carboxylic acids is 1. The van der Waals surface area contributed by atoms with Crippen LogP contribution in [0, 0.1) is 20.8 Å². The number of nitrogens with zero attached hydrogens (tertiary/aromatic N) is 2. The predicted molar refractivity (Wildman–Crippen MR) is 103 cm³/mol. The second kappa shape index (κ2) is 7.62. The largest absolute Gasteiger partial charge is 0.455 e. The molecule has 1 aromatic heterocycles. The number of amides is 1. The average Bonchev–Trinajstić information content (AvgIpc) is 2.85. The van der Waals surface area contributed by atoms with Crippen molar-refractivity contribution in [2.24, 2.45) is 0 Å². The van der Waals surface area contributed by atoms with Gasteiger partial charge in [-0.25, -0.2) is 0 Å². The van der Waals surface area contributed by atoms with Gasteiger partial charge in [0, 0.05) is 0 Å². The van der Waals surface area contributed by atoms with E-state index in [1.165, 1.54) is 0 Å². The first-order valence-electron chi connectivity index (χ1n) is 8.27.